The molecule has 0 saturated heterocycles. The number of anilines is 4. The van der Waals surface area contributed by atoms with Crippen molar-refractivity contribution in [1.29, 1.82) is 0 Å². The topological polar surface area (TPSA) is 72.1 Å². The van der Waals surface area contributed by atoms with Gasteiger partial charge in [0.2, 0.25) is 0 Å². The summed E-state index contributed by atoms with van der Waals surface area (Å²) in [4.78, 5) is 12.1. The van der Waals surface area contributed by atoms with Gasteiger partial charge in [0.25, 0.3) is 5.56 Å². The molecule has 0 unspecified atom stereocenters. The fourth-order valence-electron chi connectivity index (χ4n) is 2.68. The second-order valence-electron chi connectivity index (χ2n) is 5.86. The van der Waals surface area contributed by atoms with Crippen LogP contribution >= 0.6 is 0 Å². The molecule has 3 rings (SSSR count). The minimum absolute atomic E-state index is 0.135. The van der Waals surface area contributed by atoms with Gasteiger partial charge in [-0.05, 0) is 36.4 Å². The van der Waals surface area contributed by atoms with Gasteiger partial charge in [-0.3, -0.25) is 4.79 Å². The molecule has 1 heterocycles. The van der Waals surface area contributed by atoms with E-state index in [4.69, 9.17) is 5.73 Å². The Labute approximate surface area is 149 Å². The first-order chi connectivity index (χ1) is 12.4. The molecule has 0 atom stereocenters. The lowest BCUT2D eigenvalue weighted by Gasteiger charge is -2.15. The highest BCUT2D eigenvalue weighted by molar-refractivity contribution is 5.84. The molecule has 3 aromatic rings. The maximum atomic E-state index is 14.0. The van der Waals surface area contributed by atoms with Gasteiger partial charge in [-0.25, -0.2) is 8.78 Å². The predicted octanol–water partition coefficient (Wildman–Crippen LogP) is 3.70. The second kappa shape index (κ2) is 6.87. The highest BCUT2D eigenvalue weighted by atomic mass is 19.1. The molecule has 0 aliphatic carbocycles. The molecule has 26 heavy (non-hydrogen) atoms. The summed E-state index contributed by atoms with van der Waals surface area (Å²) < 4.78 is 28.6. The summed E-state index contributed by atoms with van der Waals surface area (Å²) in [6.07, 6.45) is 1.67. The quantitative estimate of drug-likeness (QED) is 0.624. The van der Waals surface area contributed by atoms with E-state index < -0.39 is 11.6 Å². The highest BCUT2D eigenvalue weighted by Gasteiger charge is 2.12. The SMILES string of the molecule is CNc1cc(-c2cc(N)ccc2Nc2ccc(F)cc2F)cn(C)c1=O. The summed E-state index contributed by atoms with van der Waals surface area (Å²) in [6.45, 7) is 0. The molecule has 2 aromatic carbocycles. The smallest absolute Gasteiger partial charge is 0.273 e. The Hall–Kier alpha value is -3.35. The van der Waals surface area contributed by atoms with E-state index in [2.05, 4.69) is 10.6 Å². The molecule has 1 aromatic heterocycles. The van der Waals surface area contributed by atoms with Crippen LogP contribution in [0.2, 0.25) is 0 Å². The van der Waals surface area contributed by atoms with Gasteiger partial charge >= 0.3 is 0 Å². The largest absolute Gasteiger partial charge is 0.399 e. The Bertz CT molecular complexity index is 1030. The molecule has 4 N–H and O–H groups in total. The van der Waals surface area contributed by atoms with E-state index in [9.17, 15) is 13.6 Å². The molecule has 0 spiro atoms. The van der Waals surface area contributed by atoms with E-state index in [1.54, 1.807) is 44.6 Å². The Morgan fingerprint density at radius 2 is 1.73 bits per heavy atom. The number of nitrogens with zero attached hydrogens (tertiary/aromatic N) is 1. The van der Waals surface area contributed by atoms with Gasteiger partial charge in [0, 0.05) is 48.9 Å². The third-order valence-corrected chi connectivity index (χ3v) is 4.01. The van der Waals surface area contributed by atoms with Crippen LogP contribution in [0.4, 0.5) is 31.5 Å². The van der Waals surface area contributed by atoms with Crippen molar-refractivity contribution in [2.24, 2.45) is 7.05 Å². The van der Waals surface area contributed by atoms with E-state index in [-0.39, 0.29) is 11.2 Å². The van der Waals surface area contributed by atoms with E-state index in [0.29, 0.717) is 28.2 Å². The lowest BCUT2D eigenvalue weighted by Crippen LogP contribution is -2.19. The maximum Gasteiger partial charge on any atom is 0.273 e. The van der Waals surface area contributed by atoms with Crippen LogP contribution in [0.3, 0.4) is 0 Å². The minimum Gasteiger partial charge on any atom is -0.399 e. The Morgan fingerprint density at radius 1 is 1.00 bits per heavy atom. The van der Waals surface area contributed by atoms with Gasteiger partial charge in [-0.2, -0.15) is 0 Å². The molecular weight excluding hydrogens is 338 g/mol. The van der Waals surface area contributed by atoms with Crippen molar-refractivity contribution < 1.29 is 8.78 Å². The van der Waals surface area contributed by atoms with Crippen molar-refractivity contribution in [1.82, 2.24) is 4.57 Å². The number of pyridine rings is 1. The number of benzene rings is 2. The number of hydrogen-bond donors (Lipinski definition) is 3. The maximum absolute atomic E-state index is 14.0. The minimum atomic E-state index is -0.704. The summed E-state index contributed by atoms with van der Waals surface area (Å²) >= 11 is 0. The summed E-state index contributed by atoms with van der Waals surface area (Å²) in [5.74, 6) is -1.36. The first-order valence-electron chi connectivity index (χ1n) is 7.89. The molecule has 0 saturated carbocycles. The second-order valence-corrected chi connectivity index (χ2v) is 5.86. The molecule has 0 aliphatic rings. The van der Waals surface area contributed by atoms with Crippen LogP contribution in [0.15, 0.2) is 53.5 Å². The lowest BCUT2D eigenvalue weighted by molar-refractivity contribution is 0.586. The van der Waals surface area contributed by atoms with Crippen LogP contribution < -0.4 is 21.9 Å². The van der Waals surface area contributed by atoms with Crippen molar-refractivity contribution >= 4 is 22.7 Å². The molecule has 0 amide bonds. The van der Waals surface area contributed by atoms with Crippen LogP contribution in [-0.2, 0) is 7.05 Å². The van der Waals surface area contributed by atoms with E-state index in [1.165, 1.54) is 16.7 Å². The number of rotatable bonds is 4. The fraction of sp³-hybridized carbons (Fsp3) is 0.105. The van der Waals surface area contributed by atoms with E-state index in [0.717, 1.165) is 6.07 Å². The number of nitrogens with two attached hydrogens (primary N) is 1. The first kappa shape index (κ1) is 17.5. The number of halogens is 2. The Kier molecular flexibility index (Phi) is 4.62. The van der Waals surface area contributed by atoms with Crippen LogP contribution in [0.1, 0.15) is 0 Å². The first-order valence-corrected chi connectivity index (χ1v) is 7.89. The molecule has 7 heteroatoms. The summed E-state index contributed by atoms with van der Waals surface area (Å²) in [6, 6.07) is 10.1. The zero-order chi connectivity index (χ0) is 18.8. The zero-order valence-electron chi connectivity index (χ0n) is 14.3. The molecule has 0 bridgehead atoms. The number of aromatic nitrogens is 1. The van der Waals surface area contributed by atoms with Crippen molar-refractivity contribution in [2.75, 3.05) is 23.4 Å². The molecule has 0 fully saturated rings. The molecule has 5 nitrogen and oxygen atoms in total. The normalized spacial score (nSPS) is 10.6. The van der Waals surface area contributed by atoms with Gasteiger partial charge in [0.15, 0.2) is 0 Å². The van der Waals surface area contributed by atoms with Gasteiger partial charge in [0.1, 0.15) is 17.3 Å². The zero-order valence-corrected chi connectivity index (χ0v) is 14.3. The Balaban J connectivity index is 2.12. The average molecular weight is 356 g/mol. The summed E-state index contributed by atoms with van der Waals surface area (Å²) in [7, 11) is 3.30. The van der Waals surface area contributed by atoms with Gasteiger partial charge in [-0.1, -0.05) is 0 Å². The van der Waals surface area contributed by atoms with E-state index in [1.807, 2.05) is 0 Å². The monoisotopic (exact) mass is 356 g/mol. The van der Waals surface area contributed by atoms with Crippen LogP contribution in [-0.4, -0.2) is 11.6 Å². The Morgan fingerprint density at radius 3 is 2.42 bits per heavy atom. The highest BCUT2D eigenvalue weighted by Crippen LogP contribution is 2.33. The van der Waals surface area contributed by atoms with Crippen molar-refractivity contribution in [2.45, 2.75) is 0 Å². The van der Waals surface area contributed by atoms with Crippen molar-refractivity contribution in [3.05, 3.63) is 70.6 Å². The predicted molar refractivity (Wildman–Crippen MR) is 101 cm³/mol. The van der Waals surface area contributed by atoms with Gasteiger partial charge < -0.3 is 20.9 Å². The number of nitrogens with one attached hydrogen (secondary N) is 2. The third-order valence-electron chi connectivity index (χ3n) is 4.01. The van der Waals surface area contributed by atoms with Crippen molar-refractivity contribution in [3.63, 3.8) is 0 Å². The van der Waals surface area contributed by atoms with Crippen LogP contribution in [0.25, 0.3) is 11.1 Å². The third kappa shape index (κ3) is 3.37. The standard InChI is InChI=1S/C19H18F2N4O/c1-23-18-7-11(10-25(2)19(18)26)14-9-13(22)4-6-16(14)24-17-5-3-12(20)8-15(17)21/h3-10,23-24H,22H2,1-2H3. The van der Waals surface area contributed by atoms with Crippen molar-refractivity contribution in [3.8, 4) is 11.1 Å². The number of nitrogen functional groups attached to an aromatic ring is 1. The average Bonchev–Trinajstić information content (AvgIpc) is 2.61. The number of aryl methyl sites for hydroxylation is 1. The van der Waals surface area contributed by atoms with E-state index >= 15 is 0 Å². The molecule has 0 aliphatic heterocycles. The molecule has 134 valence electrons. The number of hydrogen-bond acceptors (Lipinski definition) is 4. The fourth-order valence-corrected chi connectivity index (χ4v) is 2.68. The van der Waals surface area contributed by atoms with Crippen LogP contribution in [0.5, 0.6) is 0 Å². The summed E-state index contributed by atoms with van der Waals surface area (Å²) in [5.41, 5.74) is 8.79. The van der Waals surface area contributed by atoms with Crippen LogP contribution in [0, 0.1) is 11.6 Å². The summed E-state index contributed by atoms with van der Waals surface area (Å²) in [5, 5.41) is 5.82. The lowest BCUT2D eigenvalue weighted by atomic mass is 10.0. The van der Waals surface area contributed by atoms with Gasteiger partial charge in [0.05, 0.1) is 5.69 Å². The molecule has 0 radical (unpaired) electrons. The van der Waals surface area contributed by atoms with Gasteiger partial charge in [-0.15, -0.1) is 0 Å². The molecular formula is C19H18F2N4O.